The van der Waals surface area contributed by atoms with Crippen molar-refractivity contribution in [2.24, 2.45) is 0 Å². The Morgan fingerprint density at radius 1 is 0.880 bits per heavy atom. The second-order valence-corrected chi connectivity index (χ2v) is 5.77. The van der Waals surface area contributed by atoms with Gasteiger partial charge in [-0.15, -0.1) is 0 Å². The molecule has 2 aromatic rings. The first-order valence-corrected chi connectivity index (χ1v) is 7.87. The van der Waals surface area contributed by atoms with Gasteiger partial charge in [0, 0.05) is 23.9 Å². The van der Waals surface area contributed by atoms with Gasteiger partial charge in [0.05, 0.1) is 6.54 Å². The Morgan fingerprint density at radius 2 is 1.56 bits per heavy atom. The minimum Gasteiger partial charge on any atom is -0.355 e. The van der Waals surface area contributed by atoms with E-state index in [4.69, 9.17) is 0 Å². The molecule has 130 valence electrons. The highest BCUT2D eigenvalue weighted by Gasteiger charge is 2.10. The van der Waals surface area contributed by atoms with Crippen LogP contribution >= 0.6 is 0 Å². The molecule has 0 aromatic heterocycles. The van der Waals surface area contributed by atoms with Gasteiger partial charge in [-0.05, 0) is 44.2 Å². The first-order valence-electron chi connectivity index (χ1n) is 7.87. The molecule has 0 aliphatic heterocycles. The summed E-state index contributed by atoms with van der Waals surface area (Å²) < 4.78 is 0. The number of benzene rings is 2. The molecule has 2 rings (SSSR count). The normalized spacial score (nSPS) is 10.0. The molecule has 0 aliphatic carbocycles. The molecule has 3 amide bonds. The van der Waals surface area contributed by atoms with Gasteiger partial charge in [-0.2, -0.15) is 0 Å². The van der Waals surface area contributed by atoms with Crippen molar-refractivity contribution in [2.45, 2.75) is 13.8 Å². The lowest BCUT2D eigenvalue weighted by molar-refractivity contribution is -0.115. The molecule has 0 radical (unpaired) electrons. The number of anilines is 1. The SMILES string of the molecule is CNC(=O)c1cccc(NC(=O)CNC(=O)c2cc(C)cc(C)c2)c1. The number of carbonyl (C=O) groups excluding carboxylic acids is 3. The van der Waals surface area contributed by atoms with Crippen molar-refractivity contribution < 1.29 is 14.4 Å². The second-order valence-electron chi connectivity index (χ2n) is 5.77. The van der Waals surface area contributed by atoms with Gasteiger partial charge in [-0.25, -0.2) is 0 Å². The van der Waals surface area contributed by atoms with E-state index in [-0.39, 0.29) is 24.3 Å². The molecular formula is C19H21N3O3. The van der Waals surface area contributed by atoms with Crippen LogP contribution in [-0.2, 0) is 4.79 Å². The molecule has 0 atom stereocenters. The minimum atomic E-state index is -0.369. The van der Waals surface area contributed by atoms with Crippen molar-refractivity contribution in [1.82, 2.24) is 10.6 Å². The molecule has 0 unspecified atom stereocenters. The second kappa shape index (κ2) is 8.10. The fraction of sp³-hybridized carbons (Fsp3) is 0.211. The lowest BCUT2D eigenvalue weighted by Gasteiger charge is -2.09. The maximum atomic E-state index is 12.1. The van der Waals surface area contributed by atoms with E-state index in [1.165, 1.54) is 7.05 Å². The van der Waals surface area contributed by atoms with Gasteiger partial charge in [0.15, 0.2) is 0 Å². The predicted molar refractivity (Wildman–Crippen MR) is 96.7 cm³/mol. The third-order valence-electron chi connectivity index (χ3n) is 3.53. The van der Waals surface area contributed by atoms with Crippen LogP contribution in [0.25, 0.3) is 0 Å². The molecule has 0 saturated carbocycles. The smallest absolute Gasteiger partial charge is 0.251 e. The summed E-state index contributed by atoms with van der Waals surface area (Å²) in [5.74, 6) is -0.910. The monoisotopic (exact) mass is 339 g/mol. The molecular weight excluding hydrogens is 318 g/mol. The number of amides is 3. The fourth-order valence-electron chi connectivity index (χ4n) is 2.46. The number of rotatable bonds is 5. The summed E-state index contributed by atoms with van der Waals surface area (Å²) in [4.78, 5) is 35.7. The maximum Gasteiger partial charge on any atom is 0.251 e. The molecule has 0 fully saturated rings. The third kappa shape index (κ3) is 5.17. The summed E-state index contributed by atoms with van der Waals surface area (Å²) in [7, 11) is 1.54. The summed E-state index contributed by atoms with van der Waals surface area (Å²) in [6, 6.07) is 12.1. The summed E-state index contributed by atoms with van der Waals surface area (Å²) in [6.45, 7) is 3.67. The van der Waals surface area contributed by atoms with E-state index in [1.807, 2.05) is 19.9 Å². The van der Waals surface area contributed by atoms with Crippen molar-refractivity contribution in [3.63, 3.8) is 0 Å². The van der Waals surface area contributed by atoms with Crippen molar-refractivity contribution in [3.8, 4) is 0 Å². The van der Waals surface area contributed by atoms with Crippen molar-refractivity contribution in [1.29, 1.82) is 0 Å². The molecule has 0 saturated heterocycles. The van der Waals surface area contributed by atoms with E-state index in [0.717, 1.165) is 11.1 Å². The van der Waals surface area contributed by atoms with Crippen molar-refractivity contribution in [2.75, 3.05) is 18.9 Å². The Balaban J connectivity index is 1.94. The number of aryl methyl sites for hydroxylation is 2. The van der Waals surface area contributed by atoms with E-state index >= 15 is 0 Å². The van der Waals surface area contributed by atoms with Gasteiger partial charge in [0.25, 0.3) is 11.8 Å². The Kier molecular flexibility index (Phi) is 5.89. The van der Waals surface area contributed by atoms with E-state index in [9.17, 15) is 14.4 Å². The Bertz CT molecular complexity index is 795. The summed E-state index contributed by atoms with van der Waals surface area (Å²) in [5.41, 5.74) is 3.43. The zero-order valence-corrected chi connectivity index (χ0v) is 14.5. The Morgan fingerprint density at radius 3 is 2.20 bits per heavy atom. The first kappa shape index (κ1) is 18.2. The van der Waals surface area contributed by atoms with Crippen LogP contribution in [0.15, 0.2) is 42.5 Å². The molecule has 3 N–H and O–H groups in total. The molecule has 0 aliphatic rings. The lowest BCUT2D eigenvalue weighted by atomic mass is 10.1. The average molecular weight is 339 g/mol. The van der Waals surface area contributed by atoms with Gasteiger partial charge >= 0.3 is 0 Å². The van der Waals surface area contributed by atoms with Crippen molar-refractivity contribution >= 4 is 23.4 Å². The van der Waals surface area contributed by atoms with Crippen LogP contribution in [0.2, 0.25) is 0 Å². The first-order chi connectivity index (χ1) is 11.9. The maximum absolute atomic E-state index is 12.1. The summed E-state index contributed by atoms with van der Waals surface area (Å²) >= 11 is 0. The molecule has 6 heteroatoms. The van der Waals surface area contributed by atoms with Crippen LogP contribution in [0.1, 0.15) is 31.8 Å². The average Bonchev–Trinajstić information content (AvgIpc) is 2.58. The summed E-state index contributed by atoms with van der Waals surface area (Å²) in [5, 5.41) is 7.77. The largest absolute Gasteiger partial charge is 0.355 e. The van der Waals surface area contributed by atoms with E-state index in [0.29, 0.717) is 16.8 Å². The third-order valence-corrected chi connectivity index (χ3v) is 3.53. The molecule has 25 heavy (non-hydrogen) atoms. The number of hydrogen-bond donors (Lipinski definition) is 3. The fourth-order valence-corrected chi connectivity index (χ4v) is 2.46. The Labute approximate surface area is 146 Å². The minimum absolute atomic E-state index is 0.157. The highest BCUT2D eigenvalue weighted by atomic mass is 16.2. The van der Waals surface area contributed by atoms with Crippen LogP contribution in [0.4, 0.5) is 5.69 Å². The van der Waals surface area contributed by atoms with Gasteiger partial charge < -0.3 is 16.0 Å². The molecule has 6 nitrogen and oxygen atoms in total. The van der Waals surface area contributed by atoms with E-state index in [2.05, 4.69) is 16.0 Å². The van der Waals surface area contributed by atoms with Crippen molar-refractivity contribution in [3.05, 3.63) is 64.7 Å². The number of carbonyl (C=O) groups is 3. The molecule has 0 spiro atoms. The van der Waals surface area contributed by atoms with Crippen LogP contribution < -0.4 is 16.0 Å². The van der Waals surface area contributed by atoms with Gasteiger partial charge in [-0.1, -0.05) is 23.3 Å². The van der Waals surface area contributed by atoms with Gasteiger partial charge in [-0.3, -0.25) is 14.4 Å². The zero-order valence-electron chi connectivity index (χ0n) is 14.5. The zero-order chi connectivity index (χ0) is 18.4. The molecule has 2 aromatic carbocycles. The number of hydrogen-bond acceptors (Lipinski definition) is 3. The molecule has 0 heterocycles. The lowest BCUT2D eigenvalue weighted by Crippen LogP contribution is -2.33. The van der Waals surface area contributed by atoms with Gasteiger partial charge in [0.1, 0.15) is 0 Å². The van der Waals surface area contributed by atoms with Crippen LogP contribution in [-0.4, -0.2) is 31.3 Å². The van der Waals surface area contributed by atoms with Crippen LogP contribution in [0.3, 0.4) is 0 Å². The number of nitrogens with one attached hydrogen (secondary N) is 3. The van der Waals surface area contributed by atoms with Crippen LogP contribution in [0, 0.1) is 13.8 Å². The Hall–Kier alpha value is -3.15. The standard InChI is InChI=1S/C19H21N3O3/c1-12-7-13(2)9-15(8-12)19(25)21-11-17(23)22-16-6-4-5-14(10-16)18(24)20-3/h4-10H,11H2,1-3H3,(H,20,24)(H,21,25)(H,22,23). The van der Waals surface area contributed by atoms with E-state index in [1.54, 1.807) is 36.4 Å². The highest BCUT2D eigenvalue weighted by molar-refractivity contribution is 6.00. The van der Waals surface area contributed by atoms with E-state index < -0.39 is 0 Å². The topological polar surface area (TPSA) is 87.3 Å². The summed E-state index contributed by atoms with van der Waals surface area (Å²) in [6.07, 6.45) is 0. The highest BCUT2D eigenvalue weighted by Crippen LogP contribution is 2.11. The quantitative estimate of drug-likeness (QED) is 0.779. The van der Waals surface area contributed by atoms with Crippen LogP contribution in [0.5, 0.6) is 0 Å². The van der Waals surface area contributed by atoms with Gasteiger partial charge in [0.2, 0.25) is 5.91 Å². The predicted octanol–water partition coefficient (Wildman–Crippen LogP) is 2.03. The molecule has 0 bridgehead atoms.